The number of aryl methyl sites for hydroxylation is 2. The first-order valence-electron chi connectivity index (χ1n) is 13.9. The van der Waals surface area contributed by atoms with E-state index in [9.17, 15) is 9.59 Å². The molecule has 0 saturated carbocycles. The quantitative estimate of drug-likeness (QED) is 0.423. The van der Waals surface area contributed by atoms with E-state index >= 15 is 0 Å². The zero-order chi connectivity index (χ0) is 29.1. The lowest BCUT2D eigenvalue weighted by Gasteiger charge is -2.35. The fraction of sp³-hybridized carbons (Fsp3) is 0.433. The third-order valence-corrected chi connectivity index (χ3v) is 7.90. The molecule has 2 N–H and O–H groups in total. The van der Waals surface area contributed by atoms with E-state index in [1.165, 1.54) is 0 Å². The number of hydrogen-bond acceptors (Lipinski definition) is 8. The minimum Gasteiger partial charge on any atom is -0.493 e. The Hall–Kier alpha value is -4.25. The van der Waals surface area contributed by atoms with Crippen LogP contribution in [-0.4, -0.2) is 85.4 Å². The summed E-state index contributed by atoms with van der Waals surface area (Å²) >= 11 is 0. The largest absolute Gasteiger partial charge is 0.493 e. The molecule has 0 spiro atoms. The number of nitrogens with zero attached hydrogens (tertiary/aromatic N) is 5. The van der Waals surface area contributed by atoms with Crippen LogP contribution < -0.4 is 24.8 Å². The number of carbonyl (C=O) groups excluding carboxylic acids is 2. The predicted octanol–water partition coefficient (Wildman–Crippen LogP) is 2.74. The first-order chi connectivity index (χ1) is 19.8. The van der Waals surface area contributed by atoms with Gasteiger partial charge >= 0.3 is 0 Å². The molecule has 1 saturated heterocycles. The van der Waals surface area contributed by atoms with Gasteiger partial charge in [-0.2, -0.15) is 5.10 Å². The molecule has 11 nitrogen and oxygen atoms in total. The molecule has 1 aromatic heterocycles. The van der Waals surface area contributed by atoms with Crippen molar-refractivity contribution in [2.24, 2.45) is 0 Å². The average molecular weight is 563 g/mol. The standard InChI is InChI=1S/C30H38N6O5/c1-20-5-8-22(9-6-20)35-13-11-23-26(30(35)38)36(32-29(23)31)14-12-25(37)34-17-15-33(16-18-34)19-21-7-10-24(39-2)28(41-4)27(21)40-3/h5-10H,11-19H2,1-4H3,(H2,31,32). The van der Waals surface area contributed by atoms with Crippen molar-refractivity contribution in [1.82, 2.24) is 19.6 Å². The summed E-state index contributed by atoms with van der Waals surface area (Å²) in [4.78, 5) is 32.6. The van der Waals surface area contributed by atoms with Crippen molar-refractivity contribution in [2.45, 2.75) is 32.9 Å². The van der Waals surface area contributed by atoms with Crippen LogP contribution in [0.3, 0.4) is 0 Å². The van der Waals surface area contributed by atoms with Gasteiger partial charge in [-0.25, -0.2) is 0 Å². The zero-order valence-electron chi connectivity index (χ0n) is 24.2. The Balaban J connectivity index is 1.19. The number of methoxy groups -OCH3 is 3. The van der Waals surface area contributed by atoms with Gasteiger partial charge in [-0.3, -0.25) is 19.2 Å². The molecule has 0 radical (unpaired) electrons. The van der Waals surface area contributed by atoms with Gasteiger partial charge < -0.3 is 29.7 Å². The summed E-state index contributed by atoms with van der Waals surface area (Å²) in [6.07, 6.45) is 0.871. The van der Waals surface area contributed by atoms with Gasteiger partial charge in [-0.05, 0) is 31.5 Å². The summed E-state index contributed by atoms with van der Waals surface area (Å²) in [5.74, 6) is 2.11. The Kier molecular flexibility index (Phi) is 8.34. The molecular weight excluding hydrogens is 524 g/mol. The first kappa shape index (κ1) is 28.3. The summed E-state index contributed by atoms with van der Waals surface area (Å²) in [5, 5.41) is 4.44. The van der Waals surface area contributed by atoms with Crippen molar-refractivity contribution >= 4 is 23.3 Å². The zero-order valence-corrected chi connectivity index (χ0v) is 24.2. The van der Waals surface area contributed by atoms with Crippen LogP contribution in [0, 0.1) is 6.92 Å². The van der Waals surface area contributed by atoms with E-state index in [1.807, 2.05) is 48.2 Å². The van der Waals surface area contributed by atoms with E-state index in [0.29, 0.717) is 67.9 Å². The number of nitrogens with two attached hydrogens (primary N) is 1. The van der Waals surface area contributed by atoms with Crippen LogP contribution in [0.25, 0.3) is 0 Å². The van der Waals surface area contributed by atoms with Crippen LogP contribution in [0.15, 0.2) is 36.4 Å². The molecule has 0 bridgehead atoms. The summed E-state index contributed by atoms with van der Waals surface area (Å²) in [6, 6.07) is 11.7. The molecule has 1 fully saturated rings. The van der Waals surface area contributed by atoms with Crippen molar-refractivity contribution in [2.75, 3.05) is 64.7 Å². The fourth-order valence-electron chi connectivity index (χ4n) is 5.63. The highest BCUT2D eigenvalue weighted by Gasteiger charge is 2.32. The van der Waals surface area contributed by atoms with Crippen molar-refractivity contribution in [1.29, 1.82) is 0 Å². The van der Waals surface area contributed by atoms with Crippen LogP contribution >= 0.6 is 0 Å². The van der Waals surface area contributed by atoms with Gasteiger partial charge in [0.2, 0.25) is 11.7 Å². The maximum Gasteiger partial charge on any atom is 0.276 e. The highest BCUT2D eigenvalue weighted by Crippen LogP contribution is 2.40. The lowest BCUT2D eigenvalue weighted by molar-refractivity contribution is -0.133. The number of carbonyl (C=O) groups is 2. The summed E-state index contributed by atoms with van der Waals surface area (Å²) in [7, 11) is 4.81. The molecular formula is C30H38N6O5. The van der Waals surface area contributed by atoms with Crippen LogP contribution in [0.1, 0.15) is 33.6 Å². The third kappa shape index (κ3) is 5.67. The van der Waals surface area contributed by atoms with Crippen molar-refractivity contribution in [3.05, 3.63) is 58.8 Å². The van der Waals surface area contributed by atoms with Crippen LogP contribution in [0.2, 0.25) is 0 Å². The summed E-state index contributed by atoms with van der Waals surface area (Å²) < 4.78 is 18.2. The smallest absolute Gasteiger partial charge is 0.276 e. The Labute approximate surface area is 240 Å². The van der Waals surface area contributed by atoms with Gasteiger partial charge in [0.25, 0.3) is 5.91 Å². The van der Waals surface area contributed by atoms with E-state index in [-0.39, 0.29) is 18.2 Å². The SMILES string of the molecule is COc1ccc(CN2CCN(C(=O)CCn3nc(N)c4c3C(=O)N(c3ccc(C)cc3)CC4)CC2)c(OC)c1OC. The molecule has 0 atom stereocenters. The van der Waals surface area contributed by atoms with E-state index in [0.717, 1.165) is 35.5 Å². The topological polar surface area (TPSA) is 115 Å². The number of anilines is 2. The van der Waals surface area contributed by atoms with Crippen molar-refractivity contribution in [3.8, 4) is 17.2 Å². The monoisotopic (exact) mass is 562 g/mol. The summed E-state index contributed by atoms with van der Waals surface area (Å²) in [5.41, 5.74) is 10.4. The second kappa shape index (κ2) is 12.1. The van der Waals surface area contributed by atoms with Gasteiger partial charge in [-0.1, -0.05) is 23.8 Å². The minimum atomic E-state index is -0.133. The molecule has 3 heterocycles. The lowest BCUT2D eigenvalue weighted by Crippen LogP contribution is -2.48. The number of piperazine rings is 1. The lowest BCUT2D eigenvalue weighted by atomic mass is 10.0. The Morgan fingerprint density at radius 3 is 2.29 bits per heavy atom. The number of aromatic nitrogens is 2. The molecule has 218 valence electrons. The third-order valence-electron chi connectivity index (χ3n) is 7.90. The van der Waals surface area contributed by atoms with Gasteiger partial charge in [0, 0.05) is 62.5 Å². The molecule has 2 amide bonds. The van der Waals surface area contributed by atoms with Gasteiger partial charge in [0.05, 0.1) is 27.9 Å². The van der Waals surface area contributed by atoms with E-state index < -0.39 is 0 Å². The molecule has 0 aliphatic carbocycles. The average Bonchev–Trinajstić information content (AvgIpc) is 3.32. The van der Waals surface area contributed by atoms with Gasteiger partial charge in [-0.15, -0.1) is 0 Å². The van der Waals surface area contributed by atoms with Crippen LogP contribution in [-0.2, 0) is 24.3 Å². The normalized spacial score (nSPS) is 15.6. The number of rotatable bonds is 9. The minimum absolute atomic E-state index is 0.0369. The predicted molar refractivity (Wildman–Crippen MR) is 156 cm³/mol. The second-order valence-corrected chi connectivity index (χ2v) is 10.4. The number of benzene rings is 2. The van der Waals surface area contributed by atoms with Crippen LogP contribution in [0.5, 0.6) is 17.2 Å². The Morgan fingerprint density at radius 1 is 0.927 bits per heavy atom. The van der Waals surface area contributed by atoms with Gasteiger partial charge in [0.1, 0.15) is 11.5 Å². The Morgan fingerprint density at radius 2 is 1.63 bits per heavy atom. The van der Waals surface area contributed by atoms with E-state index in [4.69, 9.17) is 19.9 Å². The fourth-order valence-corrected chi connectivity index (χ4v) is 5.63. The molecule has 0 unspecified atom stereocenters. The molecule has 2 aliphatic heterocycles. The number of hydrogen-bond donors (Lipinski definition) is 1. The maximum atomic E-state index is 13.5. The van der Waals surface area contributed by atoms with Gasteiger partial charge in [0.15, 0.2) is 11.5 Å². The highest BCUT2D eigenvalue weighted by atomic mass is 16.5. The maximum absolute atomic E-state index is 13.5. The first-order valence-corrected chi connectivity index (χ1v) is 13.9. The molecule has 11 heteroatoms. The molecule has 41 heavy (non-hydrogen) atoms. The number of amides is 2. The number of ether oxygens (including phenoxy) is 3. The molecule has 2 aromatic carbocycles. The van der Waals surface area contributed by atoms with Crippen LogP contribution in [0.4, 0.5) is 11.5 Å². The molecule has 3 aromatic rings. The second-order valence-electron chi connectivity index (χ2n) is 10.4. The van der Waals surface area contributed by atoms with E-state index in [1.54, 1.807) is 30.9 Å². The number of nitrogen functional groups attached to an aromatic ring is 1. The molecule has 2 aliphatic rings. The summed E-state index contributed by atoms with van der Waals surface area (Å²) in [6.45, 7) is 6.24. The number of fused-ring (bicyclic) bond motifs is 1. The molecule has 5 rings (SSSR count). The van der Waals surface area contributed by atoms with E-state index in [2.05, 4.69) is 10.00 Å². The highest BCUT2D eigenvalue weighted by molar-refractivity contribution is 6.07. The van der Waals surface area contributed by atoms with Crippen molar-refractivity contribution in [3.63, 3.8) is 0 Å². The van der Waals surface area contributed by atoms with Crippen molar-refractivity contribution < 1.29 is 23.8 Å². The Bertz CT molecular complexity index is 1410.